The Labute approximate surface area is 102 Å². The summed E-state index contributed by atoms with van der Waals surface area (Å²) >= 11 is 0.892. The minimum Gasteiger partial charge on any atom is -0.477 e. The monoisotopic (exact) mass is 277 g/mol. The maximum absolute atomic E-state index is 12.0. The lowest BCUT2D eigenvalue weighted by Gasteiger charge is -2.10. The minimum absolute atomic E-state index is 0.170. The van der Waals surface area contributed by atoms with E-state index in [1.54, 1.807) is 0 Å². The third-order valence-electron chi connectivity index (χ3n) is 2.36. The molecule has 0 bridgehead atoms. The van der Waals surface area contributed by atoms with Gasteiger partial charge >= 0.3 is 5.97 Å². The summed E-state index contributed by atoms with van der Waals surface area (Å²) in [5, 5.41) is 10.3. The van der Waals surface area contributed by atoms with Crippen LogP contribution in [0.3, 0.4) is 0 Å². The molecular weight excluding hydrogens is 266 g/mol. The van der Waals surface area contributed by atoms with Crippen molar-refractivity contribution in [2.24, 2.45) is 0 Å². The fourth-order valence-corrected chi connectivity index (χ4v) is 4.09. The number of hydrogen-bond acceptors (Lipinski definition) is 5. The van der Waals surface area contributed by atoms with Crippen molar-refractivity contribution in [1.29, 1.82) is 0 Å². The van der Waals surface area contributed by atoms with Gasteiger partial charge in [-0.25, -0.2) is 17.9 Å². The van der Waals surface area contributed by atoms with Gasteiger partial charge in [0.25, 0.3) is 0 Å². The van der Waals surface area contributed by atoms with Crippen molar-refractivity contribution >= 4 is 27.3 Å². The molecule has 1 aromatic rings. The van der Waals surface area contributed by atoms with Crippen LogP contribution in [0.15, 0.2) is 16.3 Å². The average Bonchev–Trinajstić information content (AvgIpc) is 2.84. The van der Waals surface area contributed by atoms with E-state index in [2.05, 4.69) is 4.72 Å². The van der Waals surface area contributed by atoms with Crippen LogP contribution in [-0.4, -0.2) is 38.7 Å². The predicted molar refractivity (Wildman–Crippen MR) is 60.8 cm³/mol. The lowest BCUT2D eigenvalue weighted by Crippen LogP contribution is -2.35. The summed E-state index contributed by atoms with van der Waals surface area (Å²) in [5.41, 5.74) is 0. The Morgan fingerprint density at radius 3 is 2.94 bits per heavy atom. The normalized spacial score (nSPS) is 20.6. The van der Waals surface area contributed by atoms with Crippen LogP contribution in [0.4, 0.5) is 0 Å². The zero-order valence-corrected chi connectivity index (χ0v) is 10.4. The van der Waals surface area contributed by atoms with Crippen molar-refractivity contribution < 1.29 is 23.1 Å². The number of hydrogen-bond donors (Lipinski definition) is 2. The highest BCUT2D eigenvalue weighted by Crippen LogP contribution is 2.22. The Morgan fingerprint density at radius 2 is 2.35 bits per heavy atom. The SMILES string of the molecule is O=C(O)c1sccc1S(=O)(=O)NC1CCOC1. The van der Waals surface area contributed by atoms with Crippen molar-refractivity contribution in [3.05, 3.63) is 16.3 Å². The summed E-state index contributed by atoms with van der Waals surface area (Å²) in [4.78, 5) is 10.5. The lowest BCUT2D eigenvalue weighted by molar-refractivity contribution is 0.0698. The molecular formula is C9H11NO5S2. The number of sulfonamides is 1. The quantitative estimate of drug-likeness (QED) is 0.836. The van der Waals surface area contributed by atoms with Gasteiger partial charge in [0.15, 0.2) is 0 Å². The van der Waals surface area contributed by atoms with E-state index in [1.807, 2.05) is 0 Å². The van der Waals surface area contributed by atoms with Gasteiger partial charge in [-0.3, -0.25) is 0 Å². The number of aromatic carboxylic acids is 1. The summed E-state index contributed by atoms with van der Waals surface area (Å²) in [7, 11) is -3.78. The van der Waals surface area contributed by atoms with Crippen molar-refractivity contribution in [2.45, 2.75) is 17.4 Å². The van der Waals surface area contributed by atoms with E-state index in [0.717, 1.165) is 11.3 Å². The van der Waals surface area contributed by atoms with Crippen LogP contribution in [0.25, 0.3) is 0 Å². The lowest BCUT2D eigenvalue weighted by atomic mass is 10.3. The summed E-state index contributed by atoms with van der Waals surface area (Å²) in [6, 6.07) is 1.02. The Balaban J connectivity index is 2.24. The molecule has 0 radical (unpaired) electrons. The van der Waals surface area contributed by atoms with E-state index in [4.69, 9.17) is 9.84 Å². The molecule has 1 aliphatic heterocycles. The second-order valence-electron chi connectivity index (χ2n) is 3.60. The maximum Gasteiger partial charge on any atom is 0.347 e. The Bertz CT molecular complexity index is 515. The molecule has 1 fully saturated rings. The molecule has 1 unspecified atom stereocenters. The number of carbonyl (C=O) groups is 1. The van der Waals surface area contributed by atoms with E-state index in [1.165, 1.54) is 11.4 Å². The molecule has 0 spiro atoms. The minimum atomic E-state index is -3.78. The number of carboxylic acid groups (broad SMARTS) is 1. The third kappa shape index (κ3) is 2.65. The highest BCUT2D eigenvalue weighted by molar-refractivity contribution is 7.89. The van der Waals surface area contributed by atoms with Crippen molar-refractivity contribution in [3.8, 4) is 0 Å². The van der Waals surface area contributed by atoms with Crippen LogP contribution in [0.2, 0.25) is 0 Å². The van der Waals surface area contributed by atoms with Gasteiger partial charge in [0.2, 0.25) is 10.0 Å². The van der Waals surface area contributed by atoms with Gasteiger partial charge in [-0.15, -0.1) is 11.3 Å². The Morgan fingerprint density at radius 1 is 1.59 bits per heavy atom. The van der Waals surface area contributed by atoms with Gasteiger partial charge in [0.1, 0.15) is 9.77 Å². The van der Waals surface area contributed by atoms with Crippen molar-refractivity contribution in [3.63, 3.8) is 0 Å². The summed E-state index contributed by atoms with van der Waals surface area (Å²) in [6.45, 7) is 0.842. The fraction of sp³-hybridized carbons (Fsp3) is 0.444. The first-order valence-corrected chi connectivity index (χ1v) is 7.28. The molecule has 8 heteroatoms. The zero-order chi connectivity index (χ0) is 12.5. The van der Waals surface area contributed by atoms with Gasteiger partial charge in [-0.2, -0.15) is 0 Å². The standard InChI is InChI=1S/C9H11NO5S2/c11-9(12)8-7(2-4-16-8)17(13,14)10-6-1-3-15-5-6/h2,4,6,10H,1,3,5H2,(H,11,12). The van der Waals surface area contributed by atoms with Gasteiger partial charge in [0.05, 0.1) is 6.61 Å². The molecule has 17 heavy (non-hydrogen) atoms. The van der Waals surface area contributed by atoms with Gasteiger partial charge in [0, 0.05) is 12.6 Å². The Kier molecular flexibility index (Phi) is 3.48. The summed E-state index contributed by atoms with van der Waals surface area (Å²) in [5.74, 6) is -1.23. The second kappa shape index (κ2) is 4.73. The third-order valence-corrected chi connectivity index (χ3v) is 4.96. The van der Waals surface area contributed by atoms with Gasteiger partial charge in [-0.1, -0.05) is 0 Å². The van der Waals surface area contributed by atoms with E-state index < -0.39 is 16.0 Å². The predicted octanol–water partition coefficient (Wildman–Crippen LogP) is 0.514. The largest absolute Gasteiger partial charge is 0.477 e. The van der Waals surface area contributed by atoms with Gasteiger partial charge < -0.3 is 9.84 Å². The van der Waals surface area contributed by atoms with Gasteiger partial charge in [-0.05, 0) is 17.9 Å². The number of thiophene rings is 1. The van der Waals surface area contributed by atoms with Crippen LogP contribution >= 0.6 is 11.3 Å². The molecule has 6 nitrogen and oxygen atoms in total. The topological polar surface area (TPSA) is 92.7 Å². The highest BCUT2D eigenvalue weighted by atomic mass is 32.2. The van der Waals surface area contributed by atoms with Crippen LogP contribution < -0.4 is 4.72 Å². The van der Waals surface area contributed by atoms with Crippen molar-refractivity contribution in [2.75, 3.05) is 13.2 Å². The van der Waals surface area contributed by atoms with E-state index in [0.29, 0.717) is 19.6 Å². The van der Waals surface area contributed by atoms with Crippen molar-refractivity contribution in [1.82, 2.24) is 4.72 Å². The highest BCUT2D eigenvalue weighted by Gasteiger charge is 2.28. The molecule has 2 N–H and O–H groups in total. The molecule has 1 aliphatic rings. The molecule has 1 saturated heterocycles. The summed E-state index contributed by atoms with van der Waals surface area (Å²) in [6.07, 6.45) is 0.603. The fourth-order valence-electron chi connectivity index (χ4n) is 1.58. The molecule has 2 heterocycles. The van der Waals surface area contributed by atoms with Crippen LogP contribution in [0, 0.1) is 0 Å². The average molecular weight is 277 g/mol. The maximum atomic E-state index is 12.0. The number of rotatable bonds is 4. The molecule has 94 valence electrons. The van der Waals surface area contributed by atoms with Crippen LogP contribution in [0.5, 0.6) is 0 Å². The van der Waals surface area contributed by atoms with E-state index in [-0.39, 0.29) is 15.8 Å². The summed E-state index contributed by atoms with van der Waals surface area (Å²) < 4.78 is 31.4. The first-order chi connectivity index (χ1) is 8.00. The molecule has 0 amide bonds. The molecule has 0 aromatic carbocycles. The molecule has 1 aromatic heterocycles. The van der Waals surface area contributed by atoms with E-state index >= 15 is 0 Å². The number of ether oxygens (including phenoxy) is 1. The van der Waals surface area contributed by atoms with Crippen LogP contribution in [0.1, 0.15) is 16.1 Å². The second-order valence-corrected chi connectivity index (χ2v) is 6.20. The van der Waals surface area contributed by atoms with Crippen LogP contribution in [-0.2, 0) is 14.8 Å². The molecule has 2 rings (SSSR count). The molecule has 0 aliphatic carbocycles. The zero-order valence-electron chi connectivity index (χ0n) is 8.75. The molecule has 0 saturated carbocycles. The first-order valence-electron chi connectivity index (χ1n) is 4.91. The Hall–Kier alpha value is -0.960. The van der Waals surface area contributed by atoms with E-state index in [9.17, 15) is 13.2 Å². The molecule has 1 atom stereocenters. The first kappa shape index (κ1) is 12.5. The smallest absolute Gasteiger partial charge is 0.347 e. The number of carboxylic acids is 1. The number of nitrogens with one attached hydrogen (secondary N) is 1.